The summed E-state index contributed by atoms with van der Waals surface area (Å²) in [6, 6.07) is 19.1. The van der Waals surface area contributed by atoms with Gasteiger partial charge in [0.15, 0.2) is 0 Å². The van der Waals surface area contributed by atoms with E-state index in [0.717, 1.165) is 61.0 Å². The molecule has 0 radical (unpaired) electrons. The third-order valence-corrected chi connectivity index (χ3v) is 7.06. The van der Waals surface area contributed by atoms with Gasteiger partial charge in [0, 0.05) is 40.4 Å². The minimum atomic E-state index is -0.281. The van der Waals surface area contributed by atoms with Crippen LogP contribution < -0.4 is 15.8 Å². The summed E-state index contributed by atoms with van der Waals surface area (Å²) in [5.74, 6) is -0.281. The van der Waals surface area contributed by atoms with E-state index >= 15 is 0 Å². The second-order valence-electron chi connectivity index (χ2n) is 9.35. The Hall–Kier alpha value is -3.57. The van der Waals surface area contributed by atoms with Crippen LogP contribution in [0, 0.1) is 6.92 Å². The molecular weight excluding hydrogens is 458 g/mol. The predicted molar refractivity (Wildman–Crippen MR) is 141 cm³/mol. The van der Waals surface area contributed by atoms with Gasteiger partial charge < -0.3 is 14.6 Å². The zero-order chi connectivity index (χ0) is 23.9. The molecule has 5 nitrogen and oxygen atoms in total. The Bertz CT molecular complexity index is 1520. The molecule has 35 heavy (non-hydrogen) atoms. The topological polar surface area (TPSA) is 57.8 Å². The minimum absolute atomic E-state index is 0.281. The fourth-order valence-electron chi connectivity index (χ4n) is 5.20. The van der Waals surface area contributed by atoms with Gasteiger partial charge in [-0.3, -0.25) is 4.79 Å². The van der Waals surface area contributed by atoms with E-state index in [0.29, 0.717) is 21.8 Å². The summed E-state index contributed by atoms with van der Waals surface area (Å²) >= 11 is 6.13. The number of carbonyl (C=O) groups excluding carboxylic acids is 1. The molecule has 3 heterocycles. The number of benzene rings is 3. The highest BCUT2D eigenvalue weighted by Crippen LogP contribution is 2.39. The molecule has 4 aromatic rings. The number of nitrogens with one attached hydrogen (secondary N) is 1. The van der Waals surface area contributed by atoms with Crippen LogP contribution in [-0.2, 0) is 12.8 Å². The molecule has 6 rings (SSSR count). The van der Waals surface area contributed by atoms with Gasteiger partial charge in [-0.05, 0) is 80.6 Å². The van der Waals surface area contributed by atoms with Gasteiger partial charge in [-0.15, -0.1) is 0 Å². The number of amides is 1. The highest BCUT2D eigenvalue weighted by atomic mass is 35.5. The lowest BCUT2D eigenvalue weighted by molar-refractivity contribution is 0.102. The maximum Gasteiger partial charge on any atom is 0.261 e. The fraction of sp³-hybridized carbons (Fsp3) is 0.241. The molecule has 6 heteroatoms. The van der Waals surface area contributed by atoms with Crippen LogP contribution in [0.1, 0.15) is 39.9 Å². The highest BCUT2D eigenvalue weighted by Gasteiger charge is 2.27. The number of aryl methyl sites for hydroxylation is 3. The molecular formula is C29H26ClN3O2. The molecule has 1 aromatic heterocycles. The number of nitrogens with zero attached hydrogens (tertiary/aromatic N) is 2. The van der Waals surface area contributed by atoms with E-state index in [1.165, 1.54) is 16.8 Å². The van der Waals surface area contributed by atoms with E-state index in [1.807, 2.05) is 49.4 Å². The summed E-state index contributed by atoms with van der Waals surface area (Å²) in [5, 5.41) is 4.46. The van der Waals surface area contributed by atoms with E-state index in [4.69, 9.17) is 21.0 Å². The Morgan fingerprint density at radius 2 is 1.83 bits per heavy atom. The number of carbonyl (C=O) groups is 1. The zero-order valence-corrected chi connectivity index (χ0v) is 20.4. The van der Waals surface area contributed by atoms with Gasteiger partial charge in [0.05, 0.1) is 5.69 Å². The first-order chi connectivity index (χ1) is 17.0. The molecule has 0 aliphatic carbocycles. The fourth-order valence-corrected chi connectivity index (χ4v) is 5.39. The molecule has 0 bridgehead atoms. The number of halogens is 1. The lowest BCUT2D eigenvalue weighted by Crippen LogP contribution is -2.34. The van der Waals surface area contributed by atoms with Crippen molar-refractivity contribution in [3.8, 4) is 0 Å². The second kappa shape index (κ2) is 8.90. The average molecular weight is 484 g/mol. The zero-order valence-electron chi connectivity index (χ0n) is 19.6. The Labute approximate surface area is 209 Å². The summed E-state index contributed by atoms with van der Waals surface area (Å²) in [4.78, 5) is 20.7. The molecule has 2 aliphatic heterocycles. The second-order valence-corrected chi connectivity index (χ2v) is 9.79. The molecule has 0 atom stereocenters. The SMILES string of the molecule is Cc1ccc(N=c2oc3c4c5c(cc3cc2C(=O)Nc2cccc(Cl)c2)CCCN5CCC4)cc1. The van der Waals surface area contributed by atoms with Crippen molar-refractivity contribution in [2.45, 2.75) is 32.6 Å². The molecule has 0 fully saturated rings. The van der Waals surface area contributed by atoms with Gasteiger partial charge in [0.25, 0.3) is 5.91 Å². The summed E-state index contributed by atoms with van der Waals surface area (Å²) in [5.41, 5.74) is 7.97. The van der Waals surface area contributed by atoms with Crippen LogP contribution in [-0.4, -0.2) is 19.0 Å². The van der Waals surface area contributed by atoms with Crippen molar-refractivity contribution in [2.24, 2.45) is 4.99 Å². The van der Waals surface area contributed by atoms with E-state index < -0.39 is 0 Å². The quantitative estimate of drug-likeness (QED) is 0.358. The van der Waals surface area contributed by atoms with Crippen LogP contribution in [0.5, 0.6) is 0 Å². The molecule has 1 N–H and O–H groups in total. The van der Waals surface area contributed by atoms with Crippen molar-refractivity contribution < 1.29 is 9.21 Å². The van der Waals surface area contributed by atoms with Crippen LogP contribution in [0.3, 0.4) is 0 Å². The van der Waals surface area contributed by atoms with Crippen LogP contribution in [0.2, 0.25) is 5.02 Å². The predicted octanol–water partition coefficient (Wildman–Crippen LogP) is 6.58. The van der Waals surface area contributed by atoms with Crippen molar-refractivity contribution in [1.29, 1.82) is 0 Å². The first-order valence-corrected chi connectivity index (χ1v) is 12.5. The molecule has 3 aromatic carbocycles. The van der Waals surface area contributed by atoms with Gasteiger partial charge in [0.2, 0.25) is 5.55 Å². The minimum Gasteiger partial charge on any atom is -0.437 e. The Balaban J connectivity index is 1.55. The monoisotopic (exact) mass is 483 g/mol. The normalized spacial score (nSPS) is 15.3. The third kappa shape index (κ3) is 4.21. The van der Waals surface area contributed by atoms with E-state index in [1.54, 1.807) is 12.1 Å². The number of fused-ring (bicyclic) bond motifs is 2. The molecule has 2 aliphatic rings. The highest BCUT2D eigenvalue weighted by molar-refractivity contribution is 6.31. The lowest BCUT2D eigenvalue weighted by Gasteiger charge is -2.37. The first kappa shape index (κ1) is 21.9. The lowest BCUT2D eigenvalue weighted by atomic mass is 9.90. The largest absolute Gasteiger partial charge is 0.437 e. The van der Waals surface area contributed by atoms with Crippen molar-refractivity contribution in [3.05, 3.63) is 93.5 Å². The molecule has 1 amide bonds. The molecule has 0 unspecified atom stereocenters. The number of hydrogen-bond acceptors (Lipinski definition) is 4. The van der Waals surface area contributed by atoms with Gasteiger partial charge in [0.1, 0.15) is 11.1 Å². The maximum atomic E-state index is 13.5. The van der Waals surface area contributed by atoms with Crippen LogP contribution >= 0.6 is 11.6 Å². The van der Waals surface area contributed by atoms with E-state index in [2.05, 4.69) is 16.3 Å². The van der Waals surface area contributed by atoms with Crippen molar-refractivity contribution in [1.82, 2.24) is 0 Å². The Kier molecular flexibility index (Phi) is 5.57. The van der Waals surface area contributed by atoms with E-state index in [9.17, 15) is 4.79 Å². The number of rotatable bonds is 3. The van der Waals surface area contributed by atoms with Crippen LogP contribution in [0.4, 0.5) is 17.1 Å². The Morgan fingerprint density at radius 3 is 2.63 bits per heavy atom. The molecule has 0 saturated heterocycles. The molecule has 0 spiro atoms. The average Bonchev–Trinajstić information content (AvgIpc) is 2.86. The standard InChI is InChI=1S/C29H26ClN3O2/c1-18-9-11-22(12-10-18)32-29-25(28(34)31-23-7-2-6-21(30)17-23)16-20-15-19-5-3-13-33-14-4-8-24(26(19)33)27(20)35-29/h2,6-7,9-12,15-17H,3-5,8,13-14H2,1H3,(H,31,34). The Morgan fingerprint density at radius 1 is 1.03 bits per heavy atom. The third-order valence-electron chi connectivity index (χ3n) is 6.82. The van der Waals surface area contributed by atoms with Crippen molar-refractivity contribution in [2.75, 3.05) is 23.3 Å². The summed E-state index contributed by atoms with van der Waals surface area (Å²) in [7, 11) is 0. The van der Waals surface area contributed by atoms with Crippen molar-refractivity contribution >= 4 is 45.5 Å². The number of hydrogen-bond donors (Lipinski definition) is 1. The smallest absolute Gasteiger partial charge is 0.261 e. The molecule has 0 saturated carbocycles. The maximum absolute atomic E-state index is 13.5. The van der Waals surface area contributed by atoms with Gasteiger partial charge in [-0.2, -0.15) is 0 Å². The van der Waals surface area contributed by atoms with Gasteiger partial charge in [-0.25, -0.2) is 4.99 Å². The summed E-state index contributed by atoms with van der Waals surface area (Å²) in [6.45, 7) is 4.21. The van der Waals surface area contributed by atoms with E-state index in [-0.39, 0.29) is 5.91 Å². The summed E-state index contributed by atoms with van der Waals surface area (Å²) in [6.07, 6.45) is 4.27. The van der Waals surface area contributed by atoms with Gasteiger partial charge in [-0.1, -0.05) is 35.4 Å². The van der Waals surface area contributed by atoms with Crippen LogP contribution in [0.25, 0.3) is 11.0 Å². The molecule has 176 valence electrons. The van der Waals surface area contributed by atoms with Gasteiger partial charge >= 0.3 is 0 Å². The van der Waals surface area contributed by atoms with Crippen molar-refractivity contribution in [3.63, 3.8) is 0 Å². The van der Waals surface area contributed by atoms with Crippen LogP contribution in [0.15, 0.2) is 70.1 Å². The first-order valence-electron chi connectivity index (χ1n) is 12.1. The summed E-state index contributed by atoms with van der Waals surface area (Å²) < 4.78 is 6.50. The number of anilines is 2.